The first kappa shape index (κ1) is 14.7. The van der Waals surface area contributed by atoms with Gasteiger partial charge in [0.25, 0.3) is 0 Å². The molecule has 0 aliphatic carbocycles. The Bertz CT molecular complexity index is 171. The minimum absolute atomic E-state index is 0.113. The summed E-state index contributed by atoms with van der Waals surface area (Å²) in [5.41, 5.74) is 0. The Morgan fingerprint density at radius 1 is 1.27 bits per heavy atom. The molecule has 0 spiro atoms. The van der Waals surface area contributed by atoms with Gasteiger partial charge in [0.15, 0.2) is 0 Å². The second-order valence-corrected chi connectivity index (χ2v) is 3.84. The average molecular weight is 226 g/mol. The van der Waals surface area contributed by atoms with E-state index in [4.69, 9.17) is 0 Å². The van der Waals surface area contributed by atoms with Crippen LogP contribution in [0, 0.1) is 0 Å². The van der Waals surface area contributed by atoms with Gasteiger partial charge in [-0.1, -0.05) is 13.8 Å². The van der Waals surface area contributed by atoms with Gasteiger partial charge >= 0.3 is 6.18 Å². The minimum atomic E-state index is -4.12. The number of halogens is 3. The van der Waals surface area contributed by atoms with Gasteiger partial charge in [-0.25, -0.2) is 0 Å². The Hall–Kier alpha value is -0.290. The van der Waals surface area contributed by atoms with E-state index in [9.17, 15) is 13.2 Å². The lowest BCUT2D eigenvalue weighted by molar-refractivity contribution is -0.147. The molecular formula is C10H21F3N2. The highest BCUT2D eigenvalue weighted by Gasteiger charge is 2.32. The summed E-state index contributed by atoms with van der Waals surface area (Å²) < 4.78 is 36.5. The lowest BCUT2D eigenvalue weighted by Gasteiger charge is -2.32. The van der Waals surface area contributed by atoms with Crippen molar-refractivity contribution in [1.29, 1.82) is 0 Å². The number of hydrogen-bond donors (Lipinski definition) is 1. The average Bonchev–Trinajstić information content (AvgIpc) is 2.10. The highest BCUT2D eigenvalue weighted by atomic mass is 19.4. The first-order chi connectivity index (χ1) is 6.81. The standard InChI is InChI=1S/C10H21F3N2/c1-5-9(14-6-2)8(3)15(4)7-10(11,12)13/h8-9,14H,5-7H2,1-4H3. The van der Waals surface area contributed by atoms with Crippen molar-refractivity contribution in [2.75, 3.05) is 20.1 Å². The fourth-order valence-corrected chi connectivity index (χ4v) is 1.65. The van der Waals surface area contributed by atoms with Gasteiger partial charge in [0.1, 0.15) is 0 Å². The lowest BCUT2D eigenvalue weighted by Crippen LogP contribution is -2.49. The monoisotopic (exact) mass is 226 g/mol. The molecule has 0 aromatic heterocycles. The first-order valence-electron chi connectivity index (χ1n) is 5.32. The smallest absolute Gasteiger partial charge is 0.313 e. The van der Waals surface area contributed by atoms with Crippen LogP contribution in [-0.2, 0) is 0 Å². The van der Waals surface area contributed by atoms with E-state index in [0.29, 0.717) is 0 Å². The van der Waals surface area contributed by atoms with Crippen molar-refractivity contribution in [1.82, 2.24) is 10.2 Å². The highest BCUT2D eigenvalue weighted by Crippen LogP contribution is 2.18. The topological polar surface area (TPSA) is 15.3 Å². The van der Waals surface area contributed by atoms with Crippen LogP contribution in [0.3, 0.4) is 0 Å². The van der Waals surface area contributed by atoms with Crippen LogP contribution in [0.15, 0.2) is 0 Å². The largest absolute Gasteiger partial charge is 0.401 e. The molecule has 0 radical (unpaired) electrons. The van der Waals surface area contributed by atoms with Gasteiger partial charge in [-0.05, 0) is 26.9 Å². The molecule has 0 saturated carbocycles. The van der Waals surface area contributed by atoms with Crippen molar-refractivity contribution in [2.24, 2.45) is 0 Å². The summed E-state index contributed by atoms with van der Waals surface area (Å²) in [4.78, 5) is 1.34. The molecule has 1 N–H and O–H groups in total. The van der Waals surface area contributed by atoms with E-state index >= 15 is 0 Å². The lowest BCUT2D eigenvalue weighted by atomic mass is 10.1. The van der Waals surface area contributed by atoms with E-state index in [1.807, 2.05) is 20.8 Å². The predicted octanol–water partition coefficient (Wildman–Crippen LogP) is 2.26. The van der Waals surface area contributed by atoms with Crippen LogP contribution in [0.25, 0.3) is 0 Å². The maximum atomic E-state index is 12.2. The number of likely N-dealkylation sites (N-methyl/N-ethyl adjacent to an activating group) is 2. The third-order valence-corrected chi connectivity index (χ3v) is 2.61. The zero-order chi connectivity index (χ0) is 12.1. The van der Waals surface area contributed by atoms with E-state index in [-0.39, 0.29) is 12.1 Å². The maximum Gasteiger partial charge on any atom is 0.401 e. The minimum Gasteiger partial charge on any atom is -0.313 e. The van der Waals surface area contributed by atoms with Crippen molar-refractivity contribution in [3.05, 3.63) is 0 Å². The predicted molar refractivity (Wildman–Crippen MR) is 55.9 cm³/mol. The Morgan fingerprint density at radius 2 is 1.80 bits per heavy atom. The summed E-state index contributed by atoms with van der Waals surface area (Å²) in [6, 6.07) is -0.000995. The summed E-state index contributed by atoms with van der Waals surface area (Å²) in [7, 11) is 1.51. The molecule has 2 nitrogen and oxygen atoms in total. The number of alkyl halides is 3. The van der Waals surface area contributed by atoms with E-state index in [1.54, 1.807) is 0 Å². The molecule has 5 heteroatoms. The number of hydrogen-bond acceptors (Lipinski definition) is 2. The van der Waals surface area contributed by atoms with Gasteiger partial charge in [-0.15, -0.1) is 0 Å². The van der Waals surface area contributed by atoms with Gasteiger partial charge in [0.05, 0.1) is 6.54 Å². The Labute approximate surface area is 89.8 Å². The molecule has 15 heavy (non-hydrogen) atoms. The molecule has 92 valence electrons. The Kier molecular flexibility index (Phi) is 6.20. The molecule has 0 heterocycles. The molecule has 2 atom stereocenters. The fourth-order valence-electron chi connectivity index (χ4n) is 1.65. The van der Waals surface area contributed by atoms with Crippen LogP contribution in [0.2, 0.25) is 0 Å². The first-order valence-corrected chi connectivity index (χ1v) is 5.32. The van der Waals surface area contributed by atoms with Crippen LogP contribution in [0.4, 0.5) is 13.2 Å². The van der Waals surface area contributed by atoms with Crippen LogP contribution in [-0.4, -0.2) is 43.3 Å². The molecule has 0 aliphatic heterocycles. The summed E-state index contributed by atoms with van der Waals surface area (Å²) >= 11 is 0. The third-order valence-electron chi connectivity index (χ3n) is 2.61. The maximum absolute atomic E-state index is 12.2. The van der Waals surface area contributed by atoms with Gasteiger partial charge in [0, 0.05) is 12.1 Å². The van der Waals surface area contributed by atoms with E-state index in [0.717, 1.165) is 13.0 Å². The highest BCUT2D eigenvalue weighted by molar-refractivity contribution is 4.79. The molecule has 2 unspecified atom stereocenters. The fraction of sp³-hybridized carbons (Fsp3) is 1.00. The zero-order valence-electron chi connectivity index (χ0n) is 9.86. The molecular weight excluding hydrogens is 205 g/mol. The number of rotatable bonds is 6. The zero-order valence-corrected chi connectivity index (χ0v) is 9.86. The number of nitrogens with zero attached hydrogens (tertiary/aromatic N) is 1. The summed E-state index contributed by atoms with van der Waals surface area (Å²) in [6.07, 6.45) is -3.29. The van der Waals surface area contributed by atoms with Gasteiger partial charge in [-0.2, -0.15) is 13.2 Å². The van der Waals surface area contributed by atoms with Crippen LogP contribution in [0.5, 0.6) is 0 Å². The normalized spacial score (nSPS) is 16.8. The molecule has 0 aromatic rings. The van der Waals surface area contributed by atoms with E-state index in [2.05, 4.69) is 5.32 Å². The summed E-state index contributed by atoms with van der Waals surface area (Å²) in [5, 5.41) is 3.19. The van der Waals surface area contributed by atoms with Gasteiger partial charge in [0.2, 0.25) is 0 Å². The summed E-state index contributed by atoms with van der Waals surface area (Å²) in [5.74, 6) is 0. The Morgan fingerprint density at radius 3 is 2.13 bits per heavy atom. The van der Waals surface area contributed by atoms with E-state index < -0.39 is 12.7 Å². The Balaban J connectivity index is 4.21. The molecule has 0 aliphatic rings. The van der Waals surface area contributed by atoms with Crippen molar-refractivity contribution in [3.8, 4) is 0 Å². The molecule has 0 bridgehead atoms. The molecule has 0 amide bonds. The van der Waals surface area contributed by atoms with Crippen molar-refractivity contribution in [3.63, 3.8) is 0 Å². The quantitative estimate of drug-likeness (QED) is 0.747. The summed E-state index contributed by atoms with van der Waals surface area (Å²) in [6.45, 7) is 5.69. The van der Waals surface area contributed by atoms with Crippen LogP contribution >= 0.6 is 0 Å². The molecule has 0 saturated heterocycles. The van der Waals surface area contributed by atoms with Gasteiger partial charge in [-0.3, -0.25) is 4.90 Å². The third kappa shape index (κ3) is 5.99. The molecule has 0 rings (SSSR count). The second-order valence-electron chi connectivity index (χ2n) is 3.84. The van der Waals surface area contributed by atoms with Gasteiger partial charge < -0.3 is 5.32 Å². The van der Waals surface area contributed by atoms with Crippen LogP contribution < -0.4 is 5.32 Å². The SMILES string of the molecule is CCNC(CC)C(C)N(C)CC(F)(F)F. The number of nitrogens with one attached hydrogen (secondary N) is 1. The van der Waals surface area contributed by atoms with Crippen molar-refractivity contribution < 1.29 is 13.2 Å². The second kappa shape index (κ2) is 6.33. The van der Waals surface area contributed by atoms with Crippen molar-refractivity contribution >= 4 is 0 Å². The molecule has 0 fully saturated rings. The van der Waals surface area contributed by atoms with E-state index in [1.165, 1.54) is 11.9 Å². The van der Waals surface area contributed by atoms with Crippen LogP contribution in [0.1, 0.15) is 27.2 Å². The molecule has 0 aromatic carbocycles. The van der Waals surface area contributed by atoms with Crippen molar-refractivity contribution in [2.45, 2.75) is 45.5 Å².